The van der Waals surface area contributed by atoms with Crippen molar-refractivity contribution in [3.8, 4) is 5.82 Å². The third-order valence-electron chi connectivity index (χ3n) is 4.22. The van der Waals surface area contributed by atoms with Gasteiger partial charge in [0.2, 0.25) is 0 Å². The monoisotopic (exact) mass is 338 g/mol. The molecule has 1 fully saturated rings. The maximum atomic E-state index is 12.3. The van der Waals surface area contributed by atoms with E-state index in [1.54, 1.807) is 28.0 Å². The highest BCUT2D eigenvalue weighted by atomic mass is 16.3. The maximum absolute atomic E-state index is 12.3. The molecule has 3 aromatic heterocycles. The molecule has 0 aliphatic carbocycles. The topological polar surface area (TPSA) is 80.3 Å². The van der Waals surface area contributed by atoms with Gasteiger partial charge < -0.3 is 14.2 Å². The predicted octanol–water partition coefficient (Wildman–Crippen LogP) is 1.53. The van der Waals surface area contributed by atoms with Gasteiger partial charge in [-0.15, -0.1) is 0 Å². The van der Waals surface area contributed by atoms with E-state index < -0.39 is 0 Å². The Hall–Kier alpha value is -3.16. The predicted molar refractivity (Wildman–Crippen MR) is 90.7 cm³/mol. The first kappa shape index (κ1) is 15.4. The molecule has 0 saturated carbocycles. The lowest BCUT2D eigenvalue weighted by atomic mass is 10.3. The number of nitrogens with zero attached hydrogens (tertiary/aromatic N) is 6. The molecule has 0 bridgehead atoms. The fraction of sp³-hybridized carbons (Fsp3) is 0.294. The number of carbonyl (C=O) groups excluding carboxylic acids is 1. The van der Waals surface area contributed by atoms with Crippen LogP contribution in [0.3, 0.4) is 0 Å². The second-order valence-corrected chi connectivity index (χ2v) is 5.89. The molecular formula is C17H18N6O2. The van der Waals surface area contributed by atoms with Crippen molar-refractivity contribution in [1.29, 1.82) is 0 Å². The van der Waals surface area contributed by atoms with Crippen LogP contribution in [-0.4, -0.2) is 56.7 Å². The number of hydrogen-bond donors (Lipinski definition) is 0. The highest BCUT2D eigenvalue weighted by Crippen LogP contribution is 2.17. The van der Waals surface area contributed by atoms with Crippen molar-refractivity contribution in [2.24, 2.45) is 0 Å². The molecule has 128 valence electrons. The van der Waals surface area contributed by atoms with Gasteiger partial charge in [-0.1, -0.05) is 0 Å². The van der Waals surface area contributed by atoms with E-state index >= 15 is 0 Å². The number of hydrogen-bond acceptors (Lipinski definition) is 6. The zero-order valence-corrected chi connectivity index (χ0v) is 13.9. The van der Waals surface area contributed by atoms with E-state index in [2.05, 4.69) is 20.0 Å². The summed E-state index contributed by atoms with van der Waals surface area (Å²) < 4.78 is 6.92. The van der Waals surface area contributed by atoms with Gasteiger partial charge in [-0.2, -0.15) is 5.10 Å². The van der Waals surface area contributed by atoms with E-state index in [-0.39, 0.29) is 5.91 Å². The number of carbonyl (C=O) groups is 1. The molecule has 0 unspecified atom stereocenters. The number of amides is 1. The molecule has 8 heteroatoms. The molecule has 1 saturated heterocycles. The van der Waals surface area contributed by atoms with Gasteiger partial charge in [-0.25, -0.2) is 14.6 Å². The van der Waals surface area contributed by atoms with Crippen molar-refractivity contribution in [3.05, 3.63) is 54.5 Å². The lowest BCUT2D eigenvalue weighted by Crippen LogP contribution is -2.49. The smallest absolute Gasteiger partial charge is 0.289 e. The molecule has 8 nitrogen and oxygen atoms in total. The van der Waals surface area contributed by atoms with Gasteiger partial charge in [-0.05, 0) is 25.1 Å². The van der Waals surface area contributed by atoms with Crippen molar-refractivity contribution in [2.45, 2.75) is 6.92 Å². The maximum Gasteiger partial charge on any atom is 0.289 e. The summed E-state index contributed by atoms with van der Waals surface area (Å²) >= 11 is 0. The summed E-state index contributed by atoms with van der Waals surface area (Å²) in [4.78, 5) is 24.9. The van der Waals surface area contributed by atoms with Crippen LogP contribution in [0.1, 0.15) is 16.2 Å². The summed E-state index contributed by atoms with van der Waals surface area (Å²) in [6.45, 7) is 4.61. The van der Waals surface area contributed by atoms with E-state index in [1.165, 1.54) is 6.26 Å². The molecule has 1 amide bonds. The molecule has 4 heterocycles. The van der Waals surface area contributed by atoms with Crippen LogP contribution in [0.2, 0.25) is 0 Å². The van der Waals surface area contributed by atoms with Crippen LogP contribution >= 0.6 is 0 Å². The van der Waals surface area contributed by atoms with Gasteiger partial charge in [0.25, 0.3) is 5.91 Å². The van der Waals surface area contributed by atoms with Crippen molar-refractivity contribution in [3.63, 3.8) is 0 Å². The molecule has 0 radical (unpaired) electrons. The molecule has 4 rings (SSSR count). The summed E-state index contributed by atoms with van der Waals surface area (Å²) in [5.41, 5.74) is 0.935. The van der Waals surface area contributed by atoms with Crippen LogP contribution < -0.4 is 4.90 Å². The summed E-state index contributed by atoms with van der Waals surface area (Å²) in [5.74, 6) is 1.88. The molecule has 0 atom stereocenters. The van der Waals surface area contributed by atoms with Crippen molar-refractivity contribution < 1.29 is 9.21 Å². The highest BCUT2D eigenvalue weighted by molar-refractivity contribution is 5.91. The summed E-state index contributed by atoms with van der Waals surface area (Å²) in [7, 11) is 0. The lowest BCUT2D eigenvalue weighted by molar-refractivity contribution is 0.0714. The first-order valence-corrected chi connectivity index (χ1v) is 8.13. The van der Waals surface area contributed by atoms with Crippen molar-refractivity contribution in [2.75, 3.05) is 31.1 Å². The fourth-order valence-electron chi connectivity index (χ4n) is 2.87. The molecule has 0 aromatic carbocycles. The highest BCUT2D eigenvalue weighted by Gasteiger charge is 2.24. The van der Waals surface area contributed by atoms with E-state index in [4.69, 9.17) is 4.42 Å². The van der Waals surface area contributed by atoms with Crippen LogP contribution in [0, 0.1) is 6.92 Å². The van der Waals surface area contributed by atoms with Gasteiger partial charge in [0, 0.05) is 38.4 Å². The zero-order chi connectivity index (χ0) is 17.2. The van der Waals surface area contributed by atoms with Gasteiger partial charge in [-0.3, -0.25) is 4.79 Å². The zero-order valence-electron chi connectivity index (χ0n) is 13.9. The normalized spacial score (nSPS) is 14.8. The number of piperazine rings is 1. The molecule has 0 N–H and O–H groups in total. The number of rotatable bonds is 3. The van der Waals surface area contributed by atoms with Gasteiger partial charge in [0.05, 0.1) is 12.0 Å². The van der Waals surface area contributed by atoms with Crippen LogP contribution in [0.5, 0.6) is 0 Å². The quantitative estimate of drug-likeness (QED) is 0.720. The lowest BCUT2D eigenvalue weighted by Gasteiger charge is -2.35. The molecule has 3 aromatic rings. The second-order valence-electron chi connectivity index (χ2n) is 5.89. The third kappa shape index (κ3) is 3.10. The third-order valence-corrected chi connectivity index (χ3v) is 4.22. The minimum absolute atomic E-state index is 0.0694. The summed E-state index contributed by atoms with van der Waals surface area (Å²) in [5, 5.41) is 4.38. The first-order valence-electron chi connectivity index (χ1n) is 8.13. The number of aromatic nitrogens is 4. The fourth-order valence-corrected chi connectivity index (χ4v) is 2.87. The van der Waals surface area contributed by atoms with Crippen LogP contribution in [0.4, 0.5) is 5.82 Å². The SMILES string of the molecule is Cc1ccn(-c2cc(N3CCN(C(=O)c4ccco4)CC3)ncn2)n1. The Bertz CT molecular complexity index is 865. The Morgan fingerprint density at radius 1 is 1.12 bits per heavy atom. The Labute approximate surface area is 144 Å². The Kier molecular flexibility index (Phi) is 3.93. The van der Waals surface area contributed by atoms with E-state index in [0.717, 1.165) is 17.3 Å². The molecule has 0 spiro atoms. The number of anilines is 1. The van der Waals surface area contributed by atoms with Crippen molar-refractivity contribution >= 4 is 11.7 Å². The average molecular weight is 338 g/mol. The largest absolute Gasteiger partial charge is 0.459 e. The second kappa shape index (κ2) is 6.39. The average Bonchev–Trinajstić information content (AvgIpc) is 3.33. The van der Waals surface area contributed by atoms with E-state index in [0.29, 0.717) is 31.9 Å². The van der Waals surface area contributed by atoms with Crippen LogP contribution in [-0.2, 0) is 0 Å². The van der Waals surface area contributed by atoms with Gasteiger partial charge in [0.1, 0.15) is 12.1 Å². The first-order chi connectivity index (χ1) is 12.2. The summed E-state index contributed by atoms with van der Waals surface area (Å²) in [6.07, 6.45) is 4.94. The number of aryl methyl sites for hydroxylation is 1. The molecule has 1 aliphatic rings. The minimum atomic E-state index is -0.0694. The minimum Gasteiger partial charge on any atom is -0.459 e. The van der Waals surface area contributed by atoms with Gasteiger partial charge >= 0.3 is 0 Å². The summed E-state index contributed by atoms with van der Waals surface area (Å²) in [6, 6.07) is 7.26. The van der Waals surface area contributed by atoms with Crippen LogP contribution in [0.15, 0.2) is 47.5 Å². The van der Waals surface area contributed by atoms with Crippen LogP contribution in [0.25, 0.3) is 5.82 Å². The molecule has 25 heavy (non-hydrogen) atoms. The Balaban J connectivity index is 1.45. The standard InChI is InChI=1S/C17H18N6O2/c1-13-4-5-23(20-13)16-11-15(18-12-19-16)21-6-8-22(9-7-21)17(24)14-3-2-10-25-14/h2-5,10-12H,6-9H2,1H3. The molecular weight excluding hydrogens is 320 g/mol. The molecule has 1 aliphatic heterocycles. The number of furan rings is 1. The van der Waals surface area contributed by atoms with Crippen molar-refractivity contribution in [1.82, 2.24) is 24.6 Å². The Morgan fingerprint density at radius 2 is 1.92 bits per heavy atom. The Morgan fingerprint density at radius 3 is 2.60 bits per heavy atom. The van der Waals surface area contributed by atoms with E-state index in [1.807, 2.05) is 25.3 Å². The van der Waals surface area contributed by atoms with Gasteiger partial charge in [0.15, 0.2) is 11.6 Å². The van der Waals surface area contributed by atoms with E-state index in [9.17, 15) is 4.79 Å².